The Morgan fingerprint density at radius 2 is 2.38 bits per heavy atom. The van der Waals surface area contributed by atoms with Gasteiger partial charge >= 0.3 is 0 Å². The van der Waals surface area contributed by atoms with Gasteiger partial charge in [0.15, 0.2) is 0 Å². The number of nitriles is 1. The highest BCUT2D eigenvalue weighted by molar-refractivity contribution is 5.30. The summed E-state index contributed by atoms with van der Waals surface area (Å²) in [5, 5.41) is 15.8. The minimum Gasteiger partial charge on any atom is -0.282 e. The van der Waals surface area contributed by atoms with Gasteiger partial charge in [-0.05, 0) is 31.7 Å². The molecule has 3 nitrogen and oxygen atoms in total. The van der Waals surface area contributed by atoms with Gasteiger partial charge in [0, 0.05) is 18.0 Å². The van der Waals surface area contributed by atoms with Gasteiger partial charge in [0.25, 0.3) is 0 Å². The molecule has 1 fully saturated rings. The SMILES string of the molecule is Cc1[nH]nc(C2CC2)c1CCC#N. The summed E-state index contributed by atoms with van der Waals surface area (Å²) in [4.78, 5) is 0. The number of nitrogens with one attached hydrogen (secondary N) is 1. The normalized spacial score (nSPS) is 15.7. The summed E-state index contributed by atoms with van der Waals surface area (Å²) in [6.45, 7) is 2.03. The Labute approximate surface area is 77.8 Å². The Hall–Kier alpha value is -1.30. The second-order valence-electron chi connectivity index (χ2n) is 3.64. The highest BCUT2D eigenvalue weighted by Gasteiger charge is 2.29. The van der Waals surface area contributed by atoms with Crippen molar-refractivity contribution in [2.45, 2.75) is 38.5 Å². The van der Waals surface area contributed by atoms with E-state index in [0.29, 0.717) is 12.3 Å². The summed E-state index contributed by atoms with van der Waals surface area (Å²) >= 11 is 0. The van der Waals surface area contributed by atoms with Gasteiger partial charge in [-0.3, -0.25) is 5.10 Å². The molecule has 2 rings (SSSR count). The van der Waals surface area contributed by atoms with E-state index in [4.69, 9.17) is 5.26 Å². The fourth-order valence-corrected chi connectivity index (χ4v) is 1.66. The number of hydrogen-bond donors (Lipinski definition) is 1. The van der Waals surface area contributed by atoms with Crippen molar-refractivity contribution in [2.75, 3.05) is 0 Å². The van der Waals surface area contributed by atoms with Crippen molar-refractivity contribution >= 4 is 0 Å². The fraction of sp³-hybridized carbons (Fsp3) is 0.600. The lowest BCUT2D eigenvalue weighted by Crippen LogP contribution is -1.90. The van der Waals surface area contributed by atoms with E-state index in [1.54, 1.807) is 0 Å². The molecule has 1 aliphatic rings. The van der Waals surface area contributed by atoms with E-state index in [9.17, 15) is 0 Å². The standard InChI is InChI=1S/C10H13N3/c1-7-9(3-2-6-11)10(13-12-7)8-4-5-8/h8H,2-5H2,1H3,(H,12,13). The van der Waals surface area contributed by atoms with Gasteiger partial charge in [0.2, 0.25) is 0 Å². The molecule has 13 heavy (non-hydrogen) atoms. The lowest BCUT2D eigenvalue weighted by molar-refractivity contribution is 0.927. The number of aryl methyl sites for hydroxylation is 1. The van der Waals surface area contributed by atoms with E-state index < -0.39 is 0 Å². The average Bonchev–Trinajstić information content (AvgIpc) is 2.89. The maximum atomic E-state index is 8.52. The first-order valence-corrected chi connectivity index (χ1v) is 4.73. The average molecular weight is 175 g/mol. The van der Waals surface area contributed by atoms with Crippen LogP contribution in [0.5, 0.6) is 0 Å². The van der Waals surface area contributed by atoms with Crippen LogP contribution in [0.3, 0.4) is 0 Å². The Bertz CT molecular complexity index is 342. The Kier molecular flexibility index (Phi) is 2.05. The van der Waals surface area contributed by atoms with Crippen molar-refractivity contribution < 1.29 is 0 Å². The number of aromatic amines is 1. The minimum absolute atomic E-state index is 0.597. The number of rotatable bonds is 3. The fourth-order valence-electron chi connectivity index (χ4n) is 1.66. The van der Waals surface area contributed by atoms with Gasteiger partial charge in [-0.2, -0.15) is 10.4 Å². The molecule has 0 unspecified atom stereocenters. The van der Waals surface area contributed by atoms with Crippen LogP contribution in [0.2, 0.25) is 0 Å². The highest BCUT2D eigenvalue weighted by Crippen LogP contribution is 2.41. The molecular formula is C10H13N3. The second-order valence-corrected chi connectivity index (χ2v) is 3.64. The summed E-state index contributed by atoms with van der Waals surface area (Å²) in [6, 6.07) is 2.18. The molecule has 0 radical (unpaired) electrons. The first-order valence-electron chi connectivity index (χ1n) is 4.73. The Balaban J connectivity index is 2.20. The summed E-state index contributed by atoms with van der Waals surface area (Å²) < 4.78 is 0. The molecule has 1 N–H and O–H groups in total. The number of nitrogens with zero attached hydrogens (tertiary/aromatic N) is 2. The third-order valence-electron chi connectivity index (χ3n) is 2.56. The Morgan fingerprint density at radius 3 is 3.00 bits per heavy atom. The van der Waals surface area contributed by atoms with E-state index in [1.807, 2.05) is 6.92 Å². The molecule has 1 aromatic heterocycles. The summed E-state index contributed by atoms with van der Waals surface area (Å²) in [6.07, 6.45) is 3.98. The van der Waals surface area contributed by atoms with E-state index in [0.717, 1.165) is 12.1 Å². The zero-order chi connectivity index (χ0) is 9.26. The largest absolute Gasteiger partial charge is 0.282 e. The molecule has 0 aliphatic heterocycles. The summed E-state index contributed by atoms with van der Waals surface area (Å²) in [7, 11) is 0. The van der Waals surface area contributed by atoms with Crippen LogP contribution in [-0.2, 0) is 6.42 Å². The van der Waals surface area contributed by atoms with Crippen LogP contribution in [-0.4, -0.2) is 10.2 Å². The maximum Gasteiger partial charge on any atom is 0.0688 e. The molecule has 0 atom stereocenters. The molecule has 0 bridgehead atoms. The van der Waals surface area contributed by atoms with E-state index in [2.05, 4.69) is 16.3 Å². The molecule has 1 aliphatic carbocycles. The van der Waals surface area contributed by atoms with Crippen LogP contribution >= 0.6 is 0 Å². The van der Waals surface area contributed by atoms with Gasteiger partial charge in [0.05, 0.1) is 11.8 Å². The second kappa shape index (κ2) is 3.21. The van der Waals surface area contributed by atoms with Gasteiger partial charge < -0.3 is 0 Å². The quantitative estimate of drug-likeness (QED) is 0.764. The zero-order valence-electron chi connectivity index (χ0n) is 7.80. The molecule has 0 amide bonds. The van der Waals surface area contributed by atoms with Crippen molar-refractivity contribution in [1.29, 1.82) is 5.26 Å². The molecule has 1 aromatic rings. The van der Waals surface area contributed by atoms with Gasteiger partial charge in [0.1, 0.15) is 0 Å². The third-order valence-corrected chi connectivity index (χ3v) is 2.56. The van der Waals surface area contributed by atoms with Gasteiger partial charge in [-0.25, -0.2) is 0 Å². The first kappa shape index (κ1) is 8.31. The third kappa shape index (κ3) is 1.57. The van der Waals surface area contributed by atoms with Crippen molar-refractivity contribution in [1.82, 2.24) is 10.2 Å². The summed E-state index contributed by atoms with van der Waals surface area (Å²) in [5.41, 5.74) is 3.63. The predicted molar refractivity (Wildman–Crippen MR) is 49.2 cm³/mol. The molecule has 68 valence electrons. The van der Waals surface area contributed by atoms with Gasteiger partial charge in [-0.15, -0.1) is 0 Å². The smallest absolute Gasteiger partial charge is 0.0688 e. The molecule has 0 spiro atoms. The van der Waals surface area contributed by atoms with E-state index in [1.165, 1.54) is 24.1 Å². The first-order chi connectivity index (χ1) is 6.33. The topological polar surface area (TPSA) is 52.5 Å². The monoisotopic (exact) mass is 175 g/mol. The lowest BCUT2D eigenvalue weighted by atomic mass is 10.1. The molecule has 3 heteroatoms. The zero-order valence-corrected chi connectivity index (χ0v) is 7.80. The van der Waals surface area contributed by atoms with Crippen LogP contribution < -0.4 is 0 Å². The molecule has 0 saturated heterocycles. The molecule has 1 heterocycles. The number of hydrogen-bond acceptors (Lipinski definition) is 2. The lowest BCUT2D eigenvalue weighted by Gasteiger charge is -1.98. The molecular weight excluding hydrogens is 162 g/mol. The van der Waals surface area contributed by atoms with Crippen LogP contribution in [0.15, 0.2) is 0 Å². The number of H-pyrrole nitrogens is 1. The minimum atomic E-state index is 0.597. The number of aromatic nitrogens is 2. The van der Waals surface area contributed by atoms with Crippen LogP contribution in [0.25, 0.3) is 0 Å². The van der Waals surface area contributed by atoms with Crippen LogP contribution in [0.4, 0.5) is 0 Å². The van der Waals surface area contributed by atoms with Crippen molar-refractivity contribution in [3.63, 3.8) is 0 Å². The highest BCUT2D eigenvalue weighted by atomic mass is 15.1. The van der Waals surface area contributed by atoms with Crippen molar-refractivity contribution in [3.8, 4) is 6.07 Å². The van der Waals surface area contributed by atoms with E-state index >= 15 is 0 Å². The molecule has 1 saturated carbocycles. The van der Waals surface area contributed by atoms with Crippen molar-refractivity contribution in [2.24, 2.45) is 0 Å². The summed E-state index contributed by atoms with van der Waals surface area (Å²) in [5.74, 6) is 0.679. The predicted octanol–water partition coefficient (Wildman–Crippen LogP) is 2.05. The van der Waals surface area contributed by atoms with E-state index in [-0.39, 0.29) is 0 Å². The van der Waals surface area contributed by atoms with Crippen LogP contribution in [0.1, 0.15) is 42.1 Å². The van der Waals surface area contributed by atoms with Crippen LogP contribution in [0, 0.1) is 18.3 Å². The maximum absolute atomic E-state index is 8.52. The Morgan fingerprint density at radius 1 is 1.62 bits per heavy atom. The van der Waals surface area contributed by atoms with Crippen molar-refractivity contribution in [3.05, 3.63) is 17.0 Å². The van der Waals surface area contributed by atoms with Gasteiger partial charge in [-0.1, -0.05) is 0 Å². The molecule has 0 aromatic carbocycles.